The van der Waals surface area contributed by atoms with Crippen molar-refractivity contribution in [2.75, 3.05) is 0 Å². The number of rotatable bonds is 5. The SMILES string of the molecule is CCCC(c1ccc(C#N)cc1)C(N)C(N)=O. The monoisotopic (exact) mass is 231 g/mol. The summed E-state index contributed by atoms with van der Waals surface area (Å²) < 4.78 is 0. The summed E-state index contributed by atoms with van der Waals surface area (Å²) in [7, 11) is 0. The summed E-state index contributed by atoms with van der Waals surface area (Å²) in [6.45, 7) is 2.03. The van der Waals surface area contributed by atoms with Gasteiger partial charge in [0.1, 0.15) is 0 Å². The molecule has 1 aromatic rings. The lowest BCUT2D eigenvalue weighted by molar-refractivity contribution is -0.119. The van der Waals surface area contributed by atoms with Gasteiger partial charge in [-0.05, 0) is 24.1 Å². The van der Waals surface area contributed by atoms with Crippen molar-refractivity contribution < 1.29 is 4.79 Å². The molecule has 17 heavy (non-hydrogen) atoms. The van der Waals surface area contributed by atoms with Crippen molar-refractivity contribution >= 4 is 5.91 Å². The van der Waals surface area contributed by atoms with Gasteiger partial charge in [-0.25, -0.2) is 0 Å². The Balaban J connectivity index is 2.97. The van der Waals surface area contributed by atoms with E-state index in [1.165, 1.54) is 0 Å². The molecule has 2 unspecified atom stereocenters. The third-order valence-electron chi connectivity index (χ3n) is 2.83. The van der Waals surface area contributed by atoms with E-state index in [0.29, 0.717) is 5.56 Å². The molecular weight excluding hydrogens is 214 g/mol. The maximum atomic E-state index is 11.2. The number of primary amides is 1. The van der Waals surface area contributed by atoms with E-state index in [1.54, 1.807) is 12.1 Å². The molecule has 1 aromatic carbocycles. The second-order valence-corrected chi connectivity index (χ2v) is 4.06. The van der Waals surface area contributed by atoms with Crippen molar-refractivity contribution in [3.05, 3.63) is 35.4 Å². The van der Waals surface area contributed by atoms with Crippen molar-refractivity contribution in [1.82, 2.24) is 0 Å². The fourth-order valence-corrected chi connectivity index (χ4v) is 1.87. The summed E-state index contributed by atoms with van der Waals surface area (Å²) in [6, 6.07) is 8.50. The lowest BCUT2D eigenvalue weighted by Crippen LogP contribution is -2.41. The summed E-state index contributed by atoms with van der Waals surface area (Å²) in [5, 5.41) is 8.72. The van der Waals surface area contributed by atoms with Crippen molar-refractivity contribution in [3.8, 4) is 6.07 Å². The first-order valence-corrected chi connectivity index (χ1v) is 5.65. The molecule has 0 aliphatic heterocycles. The first-order chi connectivity index (χ1) is 8.10. The number of amides is 1. The van der Waals surface area contributed by atoms with Crippen LogP contribution in [0.1, 0.15) is 36.8 Å². The van der Waals surface area contributed by atoms with Gasteiger partial charge in [0.25, 0.3) is 0 Å². The minimum absolute atomic E-state index is 0.0785. The van der Waals surface area contributed by atoms with Crippen LogP contribution < -0.4 is 11.5 Å². The van der Waals surface area contributed by atoms with Crippen LogP contribution in [0.5, 0.6) is 0 Å². The van der Waals surface area contributed by atoms with E-state index < -0.39 is 11.9 Å². The number of benzene rings is 1. The molecule has 1 amide bonds. The van der Waals surface area contributed by atoms with E-state index >= 15 is 0 Å². The zero-order valence-electron chi connectivity index (χ0n) is 9.89. The summed E-state index contributed by atoms with van der Waals surface area (Å²) in [5.74, 6) is -0.571. The van der Waals surface area contributed by atoms with E-state index in [2.05, 4.69) is 6.07 Å². The average molecular weight is 231 g/mol. The van der Waals surface area contributed by atoms with Gasteiger partial charge >= 0.3 is 0 Å². The van der Waals surface area contributed by atoms with Gasteiger partial charge in [-0.15, -0.1) is 0 Å². The minimum atomic E-state index is -0.678. The highest BCUT2D eigenvalue weighted by Crippen LogP contribution is 2.24. The van der Waals surface area contributed by atoms with Crippen LogP contribution in [-0.2, 0) is 4.79 Å². The number of carbonyl (C=O) groups excluding carboxylic acids is 1. The number of nitrogens with zero attached hydrogens (tertiary/aromatic N) is 1. The summed E-state index contributed by atoms with van der Waals surface area (Å²) in [4.78, 5) is 11.2. The van der Waals surface area contributed by atoms with Crippen molar-refractivity contribution in [1.29, 1.82) is 5.26 Å². The molecule has 0 aliphatic carbocycles. The second-order valence-electron chi connectivity index (χ2n) is 4.06. The maximum Gasteiger partial charge on any atom is 0.234 e. The van der Waals surface area contributed by atoms with Gasteiger partial charge < -0.3 is 11.5 Å². The molecule has 0 aromatic heterocycles. The Kier molecular flexibility index (Phi) is 4.68. The number of nitrogens with two attached hydrogens (primary N) is 2. The molecule has 0 saturated carbocycles. The summed E-state index contributed by atoms with van der Waals surface area (Å²) >= 11 is 0. The van der Waals surface area contributed by atoms with Crippen molar-refractivity contribution in [3.63, 3.8) is 0 Å². The number of carbonyl (C=O) groups is 1. The van der Waals surface area contributed by atoms with Gasteiger partial charge in [-0.1, -0.05) is 25.5 Å². The average Bonchev–Trinajstić information content (AvgIpc) is 2.35. The van der Waals surface area contributed by atoms with Gasteiger partial charge in [0.05, 0.1) is 17.7 Å². The Morgan fingerprint density at radius 2 is 2.00 bits per heavy atom. The van der Waals surface area contributed by atoms with Crippen LogP contribution in [0.4, 0.5) is 0 Å². The molecule has 0 bridgehead atoms. The Bertz CT molecular complexity index is 419. The third kappa shape index (κ3) is 3.30. The molecule has 0 aliphatic rings. The topological polar surface area (TPSA) is 92.9 Å². The smallest absolute Gasteiger partial charge is 0.234 e. The Labute approximate surface area is 101 Å². The fourth-order valence-electron chi connectivity index (χ4n) is 1.87. The standard InChI is InChI=1S/C13H17N3O/c1-2-3-11(12(15)13(16)17)10-6-4-9(8-14)5-7-10/h4-7,11-12H,2-3,15H2,1H3,(H2,16,17). The molecule has 1 rings (SSSR count). The highest BCUT2D eigenvalue weighted by molar-refractivity contribution is 5.80. The van der Waals surface area contributed by atoms with Gasteiger partial charge in [0, 0.05) is 5.92 Å². The number of hydrogen-bond donors (Lipinski definition) is 2. The molecule has 4 nitrogen and oxygen atoms in total. The van der Waals surface area contributed by atoms with Gasteiger partial charge in [-0.2, -0.15) is 5.26 Å². The highest BCUT2D eigenvalue weighted by Gasteiger charge is 2.23. The van der Waals surface area contributed by atoms with Crippen LogP contribution in [0.2, 0.25) is 0 Å². The Morgan fingerprint density at radius 1 is 1.41 bits per heavy atom. The molecule has 90 valence electrons. The van der Waals surface area contributed by atoms with E-state index in [4.69, 9.17) is 16.7 Å². The van der Waals surface area contributed by atoms with Crippen LogP contribution in [0, 0.1) is 11.3 Å². The molecule has 0 saturated heterocycles. The van der Waals surface area contributed by atoms with Crippen LogP contribution in [0.15, 0.2) is 24.3 Å². The van der Waals surface area contributed by atoms with Crippen LogP contribution in [-0.4, -0.2) is 11.9 Å². The zero-order chi connectivity index (χ0) is 12.8. The number of nitriles is 1. The van der Waals surface area contributed by atoms with Crippen molar-refractivity contribution in [2.45, 2.75) is 31.7 Å². The van der Waals surface area contributed by atoms with Gasteiger partial charge in [0.15, 0.2) is 0 Å². The molecule has 0 radical (unpaired) electrons. The molecule has 0 spiro atoms. The van der Waals surface area contributed by atoms with Gasteiger partial charge in [0.2, 0.25) is 5.91 Å². The molecule has 0 heterocycles. The Hall–Kier alpha value is -1.86. The van der Waals surface area contributed by atoms with Crippen molar-refractivity contribution in [2.24, 2.45) is 11.5 Å². The predicted molar refractivity (Wildman–Crippen MR) is 66.0 cm³/mol. The number of hydrogen-bond acceptors (Lipinski definition) is 3. The lowest BCUT2D eigenvalue weighted by atomic mass is 9.87. The first kappa shape index (κ1) is 13.2. The molecular formula is C13H17N3O. The quantitative estimate of drug-likeness (QED) is 0.798. The fraction of sp³-hybridized carbons (Fsp3) is 0.385. The minimum Gasteiger partial charge on any atom is -0.368 e. The van der Waals surface area contributed by atoms with E-state index in [0.717, 1.165) is 18.4 Å². The van der Waals surface area contributed by atoms with E-state index in [9.17, 15) is 4.79 Å². The zero-order valence-corrected chi connectivity index (χ0v) is 9.89. The molecule has 2 atom stereocenters. The summed E-state index contributed by atoms with van der Waals surface area (Å²) in [5.41, 5.74) is 12.6. The van der Waals surface area contributed by atoms with Crippen LogP contribution in [0.3, 0.4) is 0 Å². The van der Waals surface area contributed by atoms with Crippen LogP contribution in [0.25, 0.3) is 0 Å². The summed E-state index contributed by atoms with van der Waals surface area (Å²) in [6.07, 6.45) is 1.72. The first-order valence-electron chi connectivity index (χ1n) is 5.65. The predicted octanol–water partition coefficient (Wildman–Crippen LogP) is 1.25. The molecule has 4 N–H and O–H groups in total. The molecule has 0 fully saturated rings. The molecule has 4 heteroatoms. The lowest BCUT2D eigenvalue weighted by Gasteiger charge is -2.21. The van der Waals surface area contributed by atoms with Gasteiger partial charge in [-0.3, -0.25) is 4.79 Å². The highest BCUT2D eigenvalue weighted by atomic mass is 16.1. The maximum absolute atomic E-state index is 11.2. The largest absolute Gasteiger partial charge is 0.368 e. The Morgan fingerprint density at radius 3 is 2.41 bits per heavy atom. The third-order valence-corrected chi connectivity index (χ3v) is 2.83. The normalized spacial score (nSPS) is 13.7. The van der Waals surface area contributed by atoms with E-state index in [1.807, 2.05) is 19.1 Å². The van der Waals surface area contributed by atoms with E-state index in [-0.39, 0.29) is 5.92 Å². The van der Waals surface area contributed by atoms with Crippen LogP contribution >= 0.6 is 0 Å². The second kappa shape index (κ2) is 6.02.